The second-order valence-corrected chi connectivity index (χ2v) is 3.06. The molecule has 1 rings (SSSR count). The molecule has 0 bridgehead atoms. The molecule has 0 aromatic heterocycles. The van der Waals surface area contributed by atoms with Crippen LogP contribution in [-0.2, 0) is 14.6 Å². The monoisotopic (exact) mass is 134 g/mol. The summed E-state index contributed by atoms with van der Waals surface area (Å²) in [5.74, 6) is 0. The Kier molecular flexibility index (Phi) is 1.88. The molecule has 1 atom stereocenters. The maximum absolute atomic E-state index is 10.2. The minimum atomic E-state index is -1.85. The molecule has 0 amide bonds. The zero-order valence-electron chi connectivity index (χ0n) is 4.42. The Morgan fingerprint density at radius 1 is 1.75 bits per heavy atom. The van der Waals surface area contributed by atoms with Crippen molar-refractivity contribution in [2.45, 2.75) is 11.7 Å². The first-order valence-electron chi connectivity index (χ1n) is 2.59. The summed E-state index contributed by atoms with van der Waals surface area (Å²) in [7, 11) is -1.85. The molecule has 1 unspecified atom stereocenters. The Balaban J connectivity index is 2.51. The maximum atomic E-state index is 10.2. The van der Waals surface area contributed by atoms with E-state index in [4.69, 9.17) is 0 Å². The van der Waals surface area contributed by atoms with E-state index in [0.717, 1.165) is 13.0 Å². The van der Waals surface area contributed by atoms with Crippen LogP contribution in [-0.4, -0.2) is 22.5 Å². The first-order chi connectivity index (χ1) is 3.80. The van der Waals surface area contributed by atoms with E-state index in [1.807, 2.05) is 0 Å². The van der Waals surface area contributed by atoms with Crippen LogP contribution in [0.3, 0.4) is 0 Å². The van der Waals surface area contributed by atoms with Crippen LogP contribution in [0.2, 0.25) is 0 Å². The summed E-state index contributed by atoms with van der Waals surface area (Å²) in [5.41, 5.74) is 0. The van der Waals surface area contributed by atoms with Crippen molar-refractivity contribution in [3.05, 3.63) is 0 Å². The number of nitrogens with one attached hydrogen (secondary N) is 1. The fourth-order valence-electron chi connectivity index (χ4n) is 0.792. The van der Waals surface area contributed by atoms with Gasteiger partial charge in [-0.15, -0.1) is 0 Å². The number of hydrogen-bond acceptors (Lipinski definition) is 2. The Morgan fingerprint density at radius 3 is 2.75 bits per heavy atom. The Bertz CT molecular complexity index is 177. The van der Waals surface area contributed by atoms with Crippen LogP contribution in [0.15, 0.2) is 0 Å². The third-order valence-corrected chi connectivity index (χ3v) is 2.23. The standard InChI is InChI=1S/C4H8NO2S/c6-8(7)4-1-2-5-3-4/h4-5H,1-3H2/q+1. The van der Waals surface area contributed by atoms with Gasteiger partial charge in [-0.3, -0.25) is 0 Å². The van der Waals surface area contributed by atoms with Gasteiger partial charge in [0.15, 0.2) is 0 Å². The molecule has 3 nitrogen and oxygen atoms in total. The zero-order chi connectivity index (χ0) is 5.98. The van der Waals surface area contributed by atoms with E-state index in [9.17, 15) is 8.25 Å². The van der Waals surface area contributed by atoms with Gasteiger partial charge in [-0.2, -0.15) is 0 Å². The van der Waals surface area contributed by atoms with E-state index >= 15 is 0 Å². The minimum absolute atomic E-state index is 0.130. The summed E-state index contributed by atoms with van der Waals surface area (Å²) in [6.07, 6.45) is 0.774. The summed E-state index contributed by atoms with van der Waals surface area (Å²) in [5, 5.41) is 2.83. The molecule has 1 aliphatic rings. The summed E-state index contributed by atoms with van der Waals surface area (Å²) in [6.45, 7) is 1.48. The average Bonchev–Trinajstić information content (AvgIpc) is 2.12. The van der Waals surface area contributed by atoms with Crippen LogP contribution >= 0.6 is 0 Å². The molecule has 0 aromatic rings. The third kappa shape index (κ3) is 1.21. The fourth-order valence-corrected chi connectivity index (χ4v) is 1.36. The van der Waals surface area contributed by atoms with Crippen LogP contribution in [0, 0.1) is 0 Å². The van der Waals surface area contributed by atoms with Crippen LogP contribution < -0.4 is 5.32 Å². The molecular formula is C4H8NO2S+. The summed E-state index contributed by atoms with van der Waals surface area (Å²) >= 11 is 0. The molecule has 4 heteroatoms. The fraction of sp³-hybridized carbons (Fsp3) is 1.00. The summed E-state index contributed by atoms with van der Waals surface area (Å²) in [6, 6.07) is 0. The van der Waals surface area contributed by atoms with Crippen molar-refractivity contribution in [3.8, 4) is 0 Å². The van der Waals surface area contributed by atoms with Crippen LogP contribution in [0.4, 0.5) is 0 Å². The second kappa shape index (κ2) is 2.48. The summed E-state index contributed by atoms with van der Waals surface area (Å²) in [4.78, 5) is 0. The van der Waals surface area contributed by atoms with E-state index in [0.29, 0.717) is 6.54 Å². The quantitative estimate of drug-likeness (QED) is 0.451. The van der Waals surface area contributed by atoms with Gasteiger partial charge in [0.2, 0.25) is 0 Å². The van der Waals surface area contributed by atoms with E-state index in [1.165, 1.54) is 0 Å². The van der Waals surface area contributed by atoms with E-state index < -0.39 is 10.5 Å². The van der Waals surface area contributed by atoms with Crippen LogP contribution in [0.1, 0.15) is 6.42 Å². The Morgan fingerprint density at radius 2 is 2.50 bits per heavy atom. The third-order valence-electron chi connectivity index (χ3n) is 1.29. The van der Waals surface area contributed by atoms with Gasteiger partial charge in [-0.25, -0.2) is 0 Å². The van der Waals surface area contributed by atoms with E-state index in [1.54, 1.807) is 0 Å². The normalized spacial score (nSPS) is 28.1. The first kappa shape index (κ1) is 6.07. The molecule has 1 aliphatic heterocycles. The molecule has 1 N–H and O–H groups in total. The molecule has 1 fully saturated rings. The van der Waals surface area contributed by atoms with Crippen molar-refractivity contribution in [2.75, 3.05) is 13.1 Å². The molecule has 8 heavy (non-hydrogen) atoms. The Hall–Kier alpha value is -0.0600. The van der Waals surface area contributed by atoms with Crippen molar-refractivity contribution < 1.29 is 8.25 Å². The van der Waals surface area contributed by atoms with Gasteiger partial charge in [0.1, 0.15) is 0 Å². The molecule has 0 aromatic carbocycles. The van der Waals surface area contributed by atoms with Gasteiger partial charge in [0.05, 0.1) is 0 Å². The predicted molar refractivity (Wildman–Crippen MR) is 30.1 cm³/mol. The van der Waals surface area contributed by atoms with Crippen molar-refractivity contribution in [1.29, 1.82) is 0 Å². The van der Waals surface area contributed by atoms with Gasteiger partial charge >= 0.3 is 48.9 Å². The second-order valence-electron chi connectivity index (χ2n) is 1.88. The topological polar surface area (TPSA) is 49.0 Å². The molecule has 0 radical (unpaired) electrons. The Labute approximate surface area is 49.7 Å². The van der Waals surface area contributed by atoms with Crippen molar-refractivity contribution in [1.82, 2.24) is 5.32 Å². The molecule has 1 saturated heterocycles. The van der Waals surface area contributed by atoms with Gasteiger partial charge in [0.25, 0.3) is 0 Å². The molecule has 0 spiro atoms. The first-order valence-corrected chi connectivity index (χ1v) is 3.73. The SMILES string of the molecule is O=S(#[O+])C1CCNC1. The number of hydrogen-bond donors (Lipinski definition) is 1. The molecule has 1 heterocycles. The molecule has 46 valence electrons. The predicted octanol–water partition coefficient (Wildman–Crippen LogP) is -0.558. The molecule has 0 saturated carbocycles. The van der Waals surface area contributed by atoms with Crippen molar-refractivity contribution in [3.63, 3.8) is 0 Å². The van der Waals surface area contributed by atoms with Crippen LogP contribution in [0.5, 0.6) is 0 Å². The average molecular weight is 134 g/mol. The van der Waals surface area contributed by atoms with Crippen molar-refractivity contribution in [2.24, 2.45) is 0 Å². The van der Waals surface area contributed by atoms with Crippen molar-refractivity contribution >= 4 is 10.5 Å². The van der Waals surface area contributed by atoms with Crippen LogP contribution in [0.25, 0.3) is 0 Å². The van der Waals surface area contributed by atoms with Gasteiger partial charge in [-0.1, -0.05) is 0 Å². The molecular weight excluding hydrogens is 126 g/mol. The van der Waals surface area contributed by atoms with Gasteiger partial charge in [0, 0.05) is 0 Å². The van der Waals surface area contributed by atoms with Gasteiger partial charge < -0.3 is 0 Å². The van der Waals surface area contributed by atoms with E-state index in [-0.39, 0.29) is 5.25 Å². The number of rotatable bonds is 0. The molecule has 0 aliphatic carbocycles. The van der Waals surface area contributed by atoms with E-state index in [2.05, 4.69) is 5.32 Å². The van der Waals surface area contributed by atoms with Gasteiger partial charge in [-0.05, 0) is 0 Å². The summed E-state index contributed by atoms with van der Waals surface area (Å²) < 4.78 is 20.3. The zero-order valence-corrected chi connectivity index (χ0v) is 5.24.